The van der Waals surface area contributed by atoms with Crippen molar-refractivity contribution in [1.29, 1.82) is 0 Å². The van der Waals surface area contributed by atoms with E-state index in [1.165, 1.54) is 11.1 Å². The van der Waals surface area contributed by atoms with Gasteiger partial charge in [-0.25, -0.2) is 4.98 Å². The Kier molecular flexibility index (Phi) is 4.39. The third-order valence-electron chi connectivity index (χ3n) is 2.74. The monoisotopic (exact) mass is 334 g/mol. The molecule has 2 rings (SSSR count). The summed E-state index contributed by atoms with van der Waals surface area (Å²) >= 11 is 3.44. The number of aromatic nitrogens is 1. The normalized spacial score (nSPS) is 10.2. The van der Waals surface area contributed by atoms with Crippen LogP contribution >= 0.6 is 15.9 Å². The maximum atomic E-state index is 11.7. The van der Waals surface area contributed by atoms with Gasteiger partial charge < -0.3 is 9.64 Å². The lowest BCUT2D eigenvalue weighted by Gasteiger charge is -2.10. The average Bonchev–Trinajstić information content (AvgIpc) is 2.43. The summed E-state index contributed by atoms with van der Waals surface area (Å²) in [5, 5.41) is 0. The molecule has 0 atom stereocenters. The minimum Gasteiger partial charge on any atom is -0.439 e. The van der Waals surface area contributed by atoms with Crippen LogP contribution in [0.3, 0.4) is 0 Å². The predicted octanol–water partition coefficient (Wildman–Crippen LogP) is 3.65. The summed E-state index contributed by atoms with van der Waals surface area (Å²) in [7, 11) is 3.41. The summed E-state index contributed by atoms with van der Waals surface area (Å²) in [5.74, 6) is 1.09. The van der Waals surface area contributed by atoms with E-state index in [-0.39, 0.29) is 5.91 Å². The number of halogens is 1. The molecule has 2 aromatic rings. The number of rotatable bonds is 3. The van der Waals surface area contributed by atoms with Crippen LogP contribution in [0.15, 0.2) is 41.0 Å². The van der Waals surface area contributed by atoms with E-state index in [1.807, 2.05) is 25.1 Å². The van der Waals surface area contributed by atoms with Gasteiger partial charge >= 0.3 is 0 Å². The van der Waals surface area contributed by atoms with Gasteiger partial charge in [0.05, 0.1) is 5.56 Å². The Balaban J connectivity index is 2.14. The number of carbonyl (C=O) groups excluding carboxylic acids is 1. The van der Waals surface area contributed by atoms with Gasteiger partial charge in [0.25, 0.3) is 5.91 Å². The fourth-order valence-corrected chi connectivity index (χ4v) is 1.87. The molecule has 0 saturated carbocycles. The molecule has 0 fully saturated rings. The predicted molar refractivity (Wildman–Crippen MR) is 81.2 cm³/mol. The summed E-state index contributed by atoms with van der Waals surface area (Å²) in [6, 6.07) is 9.10. The number of aryl methyl sites for hydroxylation is 1. The summed E-state index contributed by atoms with van der Waals surface area (Å²) < 4.78 is 6.68. The van der Waals surface area contributed by atoms with E-state index in [9.17, 15) is 4.79 Å². The molecule has 1 aromatic carbocycles. The first-order valence-corrected chi connectivity index (χ1v) is 6.88. The van der Waals surface area contributed by atoms with Crippen molar-refractivity contribution in [3.05, 3.63) is 52.1 Å². The molecule has 4 nitrogen and oxygen atoms in total. The van der Waals surface area contributed by atoms with E-state index in [0.717, 1.165) is 10.0 Å². The first-order chi connectivity index (χ1) is 9.47. The van der Waals surface area contributed by atoms with E-state index in [0.29, 0.717) is 17.2 Å². The zero-order chi connectivity index (χ0) is 14.7. The highest BCUT2D eigenvalue weighted by Gasteiger charge is 2.08. The molecule has 0 unspecified atom stereocenters. The molecule has 0 spiro atoms. The first kappa shape index (κ1) is 14.5. The Hall–Kier alpha value is -1.88. The second kappa shape index (κ2) is 6.05. The standard InChI is InChI=1S/C15H15BrN2O2/c1-10-8-12(5-6-13(10)16)20-14-7-4-11(9-17-14)15(19)18(2)3/h4-9H,1-3H3. The van der Waals surface area contributed by atoms with Crippen LogP contribution in [0.1, 0.15) is 15.9 Å². The van der Waals surface area contributed by atoms with E-state index in [2.05, 4.69) is 20.9 Å². The van der Waals surface area contributed by atoms with Crippen LogP contribution in [0.2, 0.25) is 0 Å². The lowest BCUT2D eigenvalue weighted by Crippen LogP contribution is -2.21. The summed E-state index contributed by atoms with van der Waals surface area (Å²) in [6.45, 7) is 1.99. The molecular weight excluding hydrogens is 320 g/mol. The molecule has 0 N–H and O–H groups in total. The molecular formula is C15H15BrN2O2. The second-order valence-corrected chi connectivity index (χ2v) is 5.45. The van der Waals surface area contributed by atoms with Crippen LogP contribution in [0.25, 0.3) is 0 Å². The number of carbonyl (C=O) groups is 1. The van der Waals surface area contributed by atoms with Gasteiger partial charge in [-0.05, 0) is 36.8 Å². The molecule has 0 aliphatic rings. The Labute approximate surface area is 126 Å². The van der Waals surface area contributed by atoms with Crippen molar-refractivity contribution in [1.82, 2.24) is 9.88 Å². The maximum absolute atomic E-state index is 11.7. The quantitative estimate of drug-likeness (QED) is 0.860. The lowest BCUT2D eigenvalue weighted by atomic mass is 10.2. The molecule has 0 aliphatic carbocycles. The van der Waals surface area contributed by atoms with Gasteiger partial charge in [0, 0.05) is 30.8 Å². The molecule has 0 radical (unpaired) electrons. The van der Waals surface area contributed by atoms with Gasteiger partial charge in [0.1, 0.15) is 5.75 Å². The minimum absolute atomic E-state index is 0.0801. The van der Waals surface area contributed by atoms with Gasteiger partial charge in [-0.2, -0.15) is 0 Å². The van der Waals surface area contributed by atoms with Crippen molar-refractivity contribution in [2.75, 3.05) is 14.1 Å². The third kappa shape index (κ3) is 3.36. The molecule has 0 saturated heterocycles. The van der Waals surface area contributed by atoms with Gasteiger partial charge in [-0.15, -0.1) is 0 Å². The number of hydrogen-bond acceptors (Lipinski definition) is 3. The number of nitrogens with zero attached hydrogens (tertiary/aromatic N) is 2. The molecule has 0 aliphatic heterocycles. The van der Waals surface area contributed by atoms with Gasteiger partial charge in [0.2, 0.25) is 5.88 Å². The fourth-order valence-electron chi connectivity index (χ4n) is 1.63. The van der Waals surface area contributed by atoms with E-state index < -0.39 is 0 Å². The van der Waals surface area contributed by atoms with Crippen LogP contribution in [0.4, 0.5) is 0 Å². The average molecular weight is 335 g/mol. The summed E-state index contributed by atoms with van der Waals surface area (Å²) in [5.41, 5.74) is 1.62. The first-order valence-electron chi connectivity index (χ1n) is 6.09. The smallest absolute Gasteiger partial charge is 0.254 e. The number of hydrogen-bond donors (Lipinski definition) is 0. The number of amides is 1. The van der Waals surface area contributed by atoms with Crippen LogP contribution < -0.4 is 4.74 Å². The topological polar surface area (TPSA) is 42.4 Å². The molecule has 0 bridgehead atoms. The number of benzene rings is 1. The summed E-state index contributed by atoms with van der Waals surface area (Å²) in [4.78, 5) is 17.4. The van der Waals surface area contributed by atoms with Gasteiger partial charge in [-0.1, -0.05) is 15.9 Å². The zero-order valence-electron chi connectivity index (χ0n) is 11.6. The Bertz CT molecular complexity index is 624. The van der Waals surface area contributed by atoms with Crippen molar-refractivity contribution >= 4 is 21.8 Å². The van der Waals surface area contributed by atoms with Crippen molar-refractivity contribution in [2.45, 2.75) is 6.92 Å². The SMILES string of the molecule is Cc1cc(Oc2ccc(C(=O)N(C)C)cn2)ccc1Br. The Morgan fingerprint density at radius 1 is 1.25 bits per heavy atom. The van der Waals surface area contributed by atoms with Gasteiger partial charge in [-0.3, -0.25) is 4.79 Å². The largest absolute Gasteiger partial charge is 0.439 e. The zero-order valence-corrected chi connectivity index (χ0v) is 13.1. The number of pyridine rings is 1. The van der Waals surface area contributed by atoms with Crippen molar-refractivity contribution < 1.29 is 9.53 Å². The lowest BCUT2D eigenvalue weighted by molar-refractivity contribution is 0.0827. The third-order valence-corrected chi connectivity index (χ3v) is 3.63. The van der Waals surface area contributed by atoms with Gasteiger partial charge in [0.15, 0.2) is 0 Å². The van der Waals surface area contributed by atoms with Crippen molar-refractivity contribution in [2.24, 2.45) is 0 Å². The van der Waals surface area contributed by atoms with E-state index in [4.69, 9.17) is 4.74 Å². The minimum atomic E-state index is -0.0801. The van der Waals surface area contributed by atoms with Crippen LogP contribution in [-0.4, -0.2) is 29.9 Å². The van der Waals surface area contributed by atoms with Crippen molar-refractivity contribution in [3.63, 3.8) is 0 Å². The van der Waals surface area contributed by atoms with Crippen LogP contribution in [0.5, 0.6) is 11.6 Å². The summed E-state index contributed by atoms with van der Waals surface area (Å²) in [6.07, 6.45) is 1.52. The highest BCUT2D eigenvalue weighted by molar-refractivity contribution is 9.10. The molecule has 1 aromatic heterocycles. The van der Waals surface area contributed by atoms with Crippen molar-refractivity contribution in [3.8, 4) is 11.6 Å². The van der Waals surface area contributed by atoms with E-state index in [1.54, 1.807) is 26.2 Å². The number of ether oxygens (including phenoxy) is 1. The molecule has 5 heteroatoms. The molecule has 104 valence electrons. The highest BCUT2D eigenvalue weighted by atomic mass is 79.9. The molecule has 1 amide bonds. The molecule has 1 heterocycles. The Morgan fingerprint density at radius 3 is 2.55 bits per heavy atom. The maximum Gasteiger partial charge on any atom is 0.254 e. The fraction of sp³-hybridized carbons (Fsp3) is 0.200. The Morgan fingerprint density at radius 2 is 2.00 bits per heavy atom. The highest BCUT2D eigenvalue weighted by Crippen LogP contribution is 2.25. The van der Waals surface area contributed by atoms with E-state index >= 15 is 0 Å². The second-order valence-electron chi connectivity index (χ2n) is 4.60. The van der Waals surface area contributed by atoms with Crippen LogP contribution in [0, 0.1) is 6.92 Å². The molecule has 20 heavy (non-hydrogen) atoms. The van der Waals surface area contributed by atoms with Crippen LogP contribution in [-0.2, 0) is 0 Å².